The zero-order chi connectivity index (χ0) is 16.7. The highest BCUT2D eigenvalue weighted by molar-refractivity contribution is 7.16. The first-order valence-electron chi connectivity index (χ1n) is 7.09. The largest absolute Gasteiger partial charge is 0.308 e. The molecule has 7 heteroatoms. The third-order valence-electron chi connectivity index (χ3n) is 3.61. The molecular weight excluding hydrogens is 383 g/mol. The van der Waals surface area contributed by atoms with Gasteiger partial charge in [-0.25, -0.2) is 4.98 Å². The summed E-state index contributed by atoms with van der Waals surface area (Å²) in [4.78, 5) is 16.9. The van der Waals surface area contributed by atoms with E-state index in [1.54, 1.807) is 10.6 Å². The van der Waals surface area contributed by atoms with E-state index < -0.39 is 0 Å². The lowest BCUT2D eigenvalue weighted by Crippen LogP contribution is -2.13. The average molecular weight is 393 g/mol. The normalized spacial score (nSPS) is 11.2. The van der Waals surface area contributed by atoms with Crippen LogP contribution in [0, 0.1) is 0 Å². The molecule has 0 radical (unpaired) electrons. The fraction of sp³-hybridized carbons (Fsp3) is 0.0588. The van der Waals surface area contributed by atoms with Crippen LogP contribution in [-0.2, 0) is 6.54 Å². The van der Waals surface area contributed by atoms with Crippen LogP contribution in [-0.4, -0.2) is 9.55 Å². The van der Waals surface area contributed by atoms with Gasteiger partial charge in [0.1, 0.15) is 5.01 Å². The van der Waals surface area contributed by atoms with Crippen LogP contribution in [0.2, 0.25) is 10.0 Å². The van der Waals surface area contributed by atoms with Gasteiger partial charge in [-0.05, 0) is 30.3 Å². The highest BCUT2D eigenvalue weighted by Crippen LogP contribution is 2.26. The average Bonchev–Trinajstić information content (AvgIpc) is 3.14. The van der Waals surface area contributed by atoms with Gasteiger partial charge in [-0.2, -0.15) is 0 Å². The minimum absolute atomic E-state index is 0.00416. The van der Waals surface area contributed by atoms with Crippen molar-refractivity contribution in [3.05, 3.63) is 72.6 Å². The van der Waals surface area contributed by atoms with Crippen LogP contribution >= 0.6 is 45.9 Å². The van der Waals surface area contributed by atoms with E-state index in [1.807, 2.05) is 41.8 Å². The summed E-state index contributed by atoms with van der Waals surface area (Å²) in [5, 5.41) is 4.18. The quantitative estimate of drug-likeness (QED) is 0.458. The standard InChI is InChI=1S/C17H10Cl2N2OS2/c18-11-3-1-10(2-4-11)13-9-23-16(20-13)8-21-14-7-12(19)5-6-15(14)24-17(21)22/h1-7,9H,8H2. The molecule has 4 aromatic rings. The van der Waals surface area contributed by atoms with E-state index in [2.05, 4.69) is 4.98 Å². The predicted molar refractivity (Wildman–Crippen MR) is 103 cm³/mol. The Morgan fingerprint density at radius 3 is 2.58 bits per heavy atom. The van der Waals surface area contributed by atoms with Crippen LogP contribution in [0.3, 0.4) is 0 Å². The molecule has 2 heterocycles. The topological polar surface area (TPSA) is 34.9 Å². The van der Waals surface area contributed by atoms with Gasteiger partial charge < -0.3 is 0 Å². The first kappa shape index (κ1) is 15.8. The number of aromatic nitrogens is 2. The molecule has 120 valence electrons. The van der Waals surface area contributed by atoms with Crippen molar-refractivity contribution in [1.29, 1.82) is 0 Å². The van der Waals surface area contributed by atoms with Crippen molar-refractivity contribution < 1.29 is 0 Å². The molecule has 0 aliphatic heterocycles. The van der Waals surface area contributed by atoms with Crippen molar-refractivity contribution >= 4 is 56.1 Å². The van der Waals surface area contributed by atoms with E-state index in [4.69, 9.17) is 23.2 Å². The van der Waals surface area contributed by atoms with Gasteiger partial charge in [-0.1, -0.05) is 46.7 Å². The fourth-order valence-electron chi connectivity index (χ4n) is 2.46. The Kier molecular flexibility index (Phi) is 4.18. The van der Waals surface area contributed by atoms with E-state index >= 15 is 0 Å². The highest BCUT2D eigenvalue weighted by Gasteiger charge is 2.11. The molecule has 0 N–H and O–H groups in total. The molecule has 0 fully saturated rings. The van der Waals surface area contributed by atoms with Crippen LogP contribution < -0.4 is 4.87 Å². The summed E-state index contributed by atoms with van der Waals surface area (Å²) in [6.45, 7) is 0.442. The van der Waals surface area contributed by atoms with Gasteiger partial charge in [0, 0.05) is 21.0 Å². The Bertz CT molecular complexity index is 1080. The summed E-state index contributed by atoms with van der Waals surface area (Å²) in [6, 6.07) is 13.1. The molecule has 3 nitrogen and oxygen atoms in total. The molecule has 2 aromatic heterocycles. The number of benzene rings is 2. The number of halogens is 2. The van der Waals surface area contributed by atoms with Crippen LogP contribution in [0.15, 0.2) is 52.6 Å². The molecule has 0 spiro atoms. The van der Waals surface area contributed by atoms with Crippen molar-refractivity contribution in [2.75, 3.05) is 0 Å². The van der Waals surface area contributed by atoms with Gasteiger partial charge in [0.05, 0.1) is 22.5 Å². The molecule has 0 saturated heterocycles. The molecule has 24 heavy (non-hydrogen) atoms. The summed E-state index contributed by atoms with van der Waals surface area (Å²) < 4.78 is 2.65. The van der Waals surface area contributed by atoms with Gasteiger partial charge in [0.2, 0.25) is 0 Å². The van der Waals surface area contributed by atoms with Crippen LogP contribution in [0.5, 0.6) is 0 Å². The number of rotatable bonds is 3. The lowest BCUT2D eigenvalue weighted by molar-refractivity contribution is 0.809. The maximum absolute atomic E-state index is 12.3. The lowest BCUT2D eigenvalue weighted by Gasteiger charge is -2.01. The molecule has 0 amide bonds. The van der Waals surface area contributed by atoms with Crippen LogP contribution in [0.25, 0.3) is 21.5 Å². The van der Waals surface area contributed by atoms with Crippen LogP contribution in [0.1, 0.15) is 5.01 Å². The molecule has 0 unspecified atom stereocenters. The Morgan fingerprint density at radius 2 is 1.79 bits per heavy atom. The van der Waals surface area contributed by atoms with Crippen molar-refractivity contribution in [3.63, 3.8) is 0 Å². The maximum Gasteiger partial charge on any atom is 0.308 e. The highest BCUT2D eigenvalue weighted by atomic mass is 35.5. The summed E-state index contributed by atoms with van der Waals surface area (Å²) in [6.07, 6.45) is 0. The molecule has 0 bridgehead atoms. The van der Waals surface area contributed by atoms with E-state index in [1.165, 1.54) is 22.7 Å². The second-order valence-electron chi connectivity index (χ2n) is 5.20. The maximum atomic E-state index is 12.3. The van der Waals surface area contributed by atoms with Crippen LogP contribution in [0.4, 0.5) is 0 Å². The molecule has 4 rings (SSSR count). The van der Waals surface area contributed by atoms with E-state index in [0.717, 1.165) is 26.5 Å². The Hall–Kier alpha value is -1.66. The summed E-state index contributed by atoms with van der Waals surface area (Å²) in [5.41, 5.74) is 2.74. The van der Waals surface area contributed by atoms with Gasteiger partial charge in [-0.3, -0.25) is 9.36 Å². The van der Waals surface area contributed by atoms with Crippen molar-refractivity contribution in [1.82, 2.24) is 9.55 Å². The number of hydrogen-bond donors (Lipinski definition) is 0. The van der Waals surface area contributed by atoms with Gasteiger partial charge >= 0.3 is 4.87 Å². The first-order valence-corrected chi connectivity index (χ1v) is 9.54. The fourth-order valence-corrected chi connectivity index (χ4v) is 4.41. The predicted octanol–water partition coefficient (Wildman–Crippen LogP) is 5.54. The minimum Gasteiger partial charge on any atom is -0.292 e. The lowest BCUT2D eigenvalue weighted by atomic mass is 10.2. The third-order valence-corrected chi connectivity index (χ3v) is 5.90. The number of hydrogen-bond acceptors (Lipinski definition) is 4. The monoisotopic (exact) mass is 392 g/mol. The number of thiazole rings is 2. The van der Waals surface area contributed by atoms with Crippen molar-refractivity contribution in [2.45, 2.75) is 6.54 Å². The first-order chi connectivity index (χ1) is 11.6. The SMILES string of the molecule is O=c1sc2ccc(Cl)cc2n1Cc1nc(-c2ccc(Cl)cc2)cs1. The Labute approximate surface area is 155 Å². The number of nitrogens with zero attached hydrogens (tertiary/aromatic N) is 2. The Balaban J connectivity index is 1.69. The molecule has 2 aromatic carbocycles. The van der Waals surface area contributed by atoms with E-state index in [-0.39, 0.29) is 4.87 Å². The minimum atomic E-state index is -0.00416. The second-order valence-corrected chi connectivity index (χ2v) is 8.01. The van der Waals surface area contributed by atoms with Gasteiger partial charge in [-0.15, -0.1) is 11.3 Å². The van der Waals surface area contributed by atoms with Crippen molar-refractivity contribution in [3.8, 4) is 11.3 Å². The molecule has 0 aliphatic rings. The summed E-state index contributed by atoms with van der Waals surface area (Å²) in [7, 11) is 0. The second kappa shape index (κ2) is 6.33. The van der Waals surface area contributed by atoms with Gasteiger partial charge in [0.25, 0.3) is 0 Å². The number of fused-ring (bicyclic) bond motifs is 1. The molecular formula is C17H10Cl2N2OS2. The summed E-state index contributed by atoms with van der Waals surface area (Å²) in [5.74, 6) is 0. The third kappa shape index (κ3) is 3.00. The smallest absolute Gasteiger partial charge is 0.292 e. The van der Waals surface area contributed by atoms with Gasteiger partial charge in [0.15, 0.2) is 0 Å². The van der Waals surface area contributed by atoms with E-state index in [0.29, 0.717) is 16.6 Å². The molecule has 0 saturated carbocycles. The van der Waals surface area contributed by atoms with E-state index in [9.17, 15) is 4.79 Å². The summed E-state index contributed by atoms with van der Waals surface area (Å²) >= 11 is 14.7. The van der Waals surface area contributed by atoms with Crippen molar-refractivity contribution in [2.24, 2.45) is 0 Å². The molecule has 0 aliphatic carbocycles. The zero-order valence-electron chi connectivity index (χ0n) is 12.2. The molecule has 0 atom stereocenters. The Morgan fingerprint density at radius 1 is 1.04 bits per heavy atom. The zero-order valence-corrected chi connectivity index (χ0v) is 15.3.